The number of nitrogens with one attached hydrogen (secondary N) is 1. The molecule has 5 rings (SSSR count). The van der Waals surface area contributed by atoms with Gasteiger partial charge in [0.1, 0.15) is 5.82 Å². The van der Waals surface area contributed by atoms with Crippen LogP contribution >= 0.6 is 0 Å². The van der Waals surface area contributed by atoms with Crippen molar-refractivity contribution in [3.05, 3.63) is 57.1 Å². The summed E-state index contributed by atoms with van der Waals surface area (Å²) in [5.41, 5.74) is 0.742. The Morgan fingerprint density at radius 3 is 2.50 bits per heavy atom. The molecule has 4 aromatic rings. The Hall–Kier alpha value is -3.29. The lowest BCUT2D eigenvalue weighted by molar-refractivity contribution is 0.429. The van der Waals surface area contributed by atoms with Crippen LogP contribution in [0.1, 0.15) is 57.2 Å². The highest BCUT2D eigenvalue weighted by molar-refractivity contribution is 5.91. The smallest absolute Gasteiger partial charge is 0.267 e. The number of rotatable bonds is 4. The van der Waals surface area contributed by atoms with Gasteiger partial charge in [0.2, 0.25) is 0 Å². The van der Waals surface area contributed by atoms with Crippen molar-refractivity contribution in [3.63, 3.8) is 0 Å². The summed E-state index contributed by atoms with van der Waals surface area (Å²) in [6.07, 6.45) is 10.1. The SMILES string of the molecule is CCCn1ccc2nc3ccn(-c4n[nH]c(C5CCCCC5)n4)c(=O)c3cc2c1=O. The fourth-order valence-electron chi connectivity index (χ4n) is 4.37. The molecule has 0 radical (unpaired) electrons. The van der Waals surface area contributed by atoms with Crippen molar-refractivity contribution in [2.24, 2.45) is 0 Å². The number of aryl methyl sites for hydroxylation is 1. The van der Waals surface area contributed by atoms with Crippen LogP contribution in [-0.2, 0) is 6.54 Å². The second kappa shape index (κ2) is 7.51. The van der Waals surface area contributed by atoms with Crippen molar-refractivity contribution < 1.29 is 0 Å². The molecule has 4 aromatic heterocycles. The fraction of sp³-hybridized carbons (Fsp3) is 0.409. The number of H-pyrrole nitrogens is 1. The monoisotopic (exact) mass is 404 g/mol. The third kappa shape index (κ3) is 3.12. The average Bonchev–Trinajstić information content (AvgIpc) is 3.26. The molecule has 0 aromatic carbocycles. The minimum absolute atomic E-state index is 0.129. The molecule has 8 heteroatoms. The Labute approximate surface area is 172 Å². The van der Waals surface area contributed by atoms with Gasteiger partial charge in [-0.1, -0.05) is 26.2 Å². The summed E-state index contributed by atoms with van der Waals surface area (Å²) in [4.78, 5) is 35.1. The van der Waals surface area contributed by atoms with E-state index in [9.17, 15) is 9.59 Å². The Balaban J connectivity index is 1.62. The number of hydrogen-bond donors (Lipinski definition) is 1. The summed E-state index contributed by atoms with van der Waals surface area (Å²) in [6, 6.07) is 5.24. The zero-order valence-electron chi connectivity index (χ0n) is 17.0. The largest absolute Gasteiger partial charge is 0.315 e. The lowest BCUT2D eigenvalue weighted by Crippen LogP contribution is -2.22. The minimum Gasteiger partial charge on any atom is -0.315 e. The van der Waals surface area contributed by atoms with Gasteiger partial charge in [-0.15, -0.1) is 5.10 Å². The number of aromatic amines is 1. The first-order chi connectivity index (χ1) is 14.7. The Kier molecular flexibility index (Phi) is 4.69. The van der Waals surface area contributed by atoms with Gasteiger partial charge >= 0.3 is 0 Å². The lowest BCUT2D eigenvalue weighted by atomic mass is 9.89. The molecular weight excluding hydrogens is 380 g/mol. The van der Waals surface area contributed by atoms with E-state index in [2.05, 4.69) is 20.2 Å². The molecule has 0 bridgehead atoms. The molecular formula is C22H24N6O2. The molecule has 1 saturated carbocycles. The second-order valence-electron chi connectivity index (χ2n) is 8.01. The summed E-state index contributed by atoms with van der Waals surface area (Å²) in [5, 5.41) is 8.15. The molecule has 1 fully saturated rings. The second-order valence-corrected chi connectivity index (χ2v) is 8.01. The molecule has 0 atom stereocenters. The standard InChI is InChI=1S/C22H24N6O2/c1-2-10-27-11-8-17-15(20(27)29)13-16-18(23-17)9-12-28(21(16)30)22-24-19(25-26-22)14-6-4-3-5-7-14/h8-9,11-14H,2-7,10H2,1H3,(H,24,25,26). The average molecular weight is 404 g/mol. The van der Waals surface area contributed by atoms with E-state index in [1.807, 2.05) is 13.0 Å². The summed E-state index contributed by atoms with van der Waals surface area (Å²) in [7, 11) is 0. The number of fused-ring (bicyclic) bond motifs is 2. The third-order valence-electron chi connectivity index (χ3n) is 5.98. The van der Waals surface area contributed by atoms with Crippen molar-refractivity contribution in [3.8, 4) is 5.95 Å². The lowest BCUT2D eigenvalue weighted by Gasteiger charge is -2.18. The van der Waals surface area contributed by atoms with E-state index >= 15 is 0 Å². The molecule has 4 heterocycles. The van der Waals surface area contributed by atoms with Gasteiger partial charge in [0, 0.05) is 24.9 Å². The maximum Gasteiger partial charge on any atom is 0.267 e. The highest BCUT2D eigenvalue weighted by Crippen LogP contribution is 2.30. The first-order valence-corrected chi connectivity index (χ1v) is 10.6. The van der Waals surface area contributed by atoms with E-state index in [0.717, 1.165) is 25.1 Å². The predicted molar refractivity (Wildman–Crippen MR) is 115 cm³/mol. The van der Waals surface area contributed by atoms with Crippen molar-refractivity contribution in [1.29, 1.82) is 0 Å². The van der Waals surface area contributed by atoms with Gasteiger partial charge in [0.25, 0.3) is 17.1 Å². The van der Waals surface area contributed by atoms with Crippen LogP contribution in [0.25, 0.3) is 27.8 Å². The Bertz CT molecular complexity index is 1340. The van der Waals surface area contributed by atoms with Crippen LogP contribution in [0.3, 0.4) is 0 Å². The van der Waals surface area contributed by atoms with Gasteiger partial charge in [-0.3, -0.25) is 14.7 Å². The van der Waals surface area contributed by atoms with Crippen LogP contribution in [0, 0.1) is 0 Å². The van der Waals surface area contributed by atoms with Crippen LogP contribution in [0.15, 0.2) is 40.2 Å². The van der Waals surface area contributed by atoms with Gasteiger partial charge in [0.15, 0.2) is 0 Å². The van der Waals surface area contributed by atoms with E-state index in [1.54, 1.807) is 29.1 Å². The van der Waals surface area contributed by atoms with E-state index in [-0.39, 0.29) is 11.1 Å². The maximum absolute atomic E-state index is 13.2. The normalized spacial score (nSPS) is 15.2. The molecule has 1 N–H and O–H groups in total. The molecule has 30 heavy (non-hydrogen) atoms. The van der Waals surface area contributed by atoms with Crippen molar-refractivity contribution >= 4 is 21.8 Å². The van der Waals surface area contributed by atoms with Crippen LogP contribution in [-0.4, -0.2) is 29.3 Å². The molecule has 0 amide bonds. The van der Waals surface area contributed by atoms with Crippen LogP contribution in [0.2, 0.25) is 0 Å². The summed E-state index contributed by atoms with van der Waals surface area (Å²) < 4.78 is 3.08. The van der Waals surface area contributed by atoms with E-state index in [0.29, 0.717) is 40.2 Å². The highest BCUT2D eigenvalue weighted by Gasteiger charge is 2.20. The first-order valence-electron chi connectivity index (χ1n) is 10.6. The zero-order valence-corrected chi connectivity index (χ0v) is 17.0. The number of nitrogens with zero attached hydrogens (tertiary/aromatic N) is 5. The molecule has 0 aliphatic heterocycles. The Morgan fingerprint density at radius 2 is 1.73 bits per heavy atom. The number of hydrogen-bond acceptors (Lipinski definition) is 5. The topological polar surface area (TPSA) is 98.5 Å². The minimum atomic E-state index is -0.276. The van der Waals surface area contributed by atoms with Crippen LogP contribution in [0.5, 0.6) is 0 Å². The summed E-state index contributed by atoms with van der Waals surface area (Å²) >= 11 is 0. The van der Waals surface area contributed by atoms with Gasteiger partial charge in [0.05, 0.1) is 21.8 Å². The van der Waals surface area contributed by atoms with Gasteiger partial charge in [-0.05, 0) is 37.5 Å². The van der Waals surface area contributed by atoms with Crippen molar-refractivity contribution in [1.82, 2.24) is 29.3 Å². The molecule has 0 saturated heterocycles. The molecule has 0 spiro atoms. The summed E-state index contributed by atoms with van der Waals surface area (Å²) in [5.74, 6) is 1.55. The summed E-state index contributed by atoms with van der Waals surface area (Å²) in [6.45, 7) is 2.65. The van der Waals surface area contributed by atoms with Gasteiger partial charge in [-0.25, -0.2) is 9.55 Å². The van der Waals surface area contributed by atoms with Gasteiger partial charge < -0.3 is 4.57 Å². The number of pyridine rings is 3. The fourth-order valence-corrected chi connectivity index (χ4v) is 4.37. The van der Waals surface area contributed by atoms with E-state index < -0.39 is 0 Å². The van der Waals surface area contributed by atoms with Crippen LogP contribution < -0.4 is 11.1 Å². The van der Waals surface area contributed by atoms with Crippen LogP contribution in [0.4, 0.5) is 0 Å². The molecule has 1 aliphatic rings. The van der Waals surface area contributed by atoms with Crippen molar-refractivity contribution in [2.45, 2.75) is 57.9 Å². The number of aromatic nitrogens is 6. The van der Waals surface area contributed by atoms with E-state index in [4.69, 9.17) is 0 Å². The molecule has 1 aliphatic carbocycles. The molecule has 154 valence electrons. The van der Waals surface area contributed by atoms with E-state index in [1.165, 1.54) is 23.8 Å². The first kappa shape index (κ1) is 18.7. The molecule has 8 nitrogen and oxygen atoms in total. The quantitative estimate of drug-likeness (QED) is 0.526. The predicted octanol–water partition coefficient (Wildman–Crippen LogP) is 3.28. The third-order valence-corrected chi connectivity index (χ3v) is 5.98. The van der Waals surface area contributed by atoms with Crippen molar-refractivity contribution in [2.75, 3.05) is 0 Å². The maximum atomic E-state index is 13.2. The Morgan fingerprint density at radius 1 is 1.00 bits per heavy atom. The molecule has 0 unspecified atom stereocenters. The van der Waals surface area contributed by atoms with Gasteiger partial charge in [-0.2, -0.15) is 4.98 Å². The zero-order chi connectivity index (χ0) is 20.7. The highest BCUT2D eigenvalue weighted by atomic mass is 16.1.